The SMILES string of the molecule is CCC[C@H](NC(=O)Cc1cccs1)C(=O)Nc1ncc(-c2ccccc2COC(C)C)s1. The maximum Gasteiger partial charge on any atom is 0.248 e. The van der Waals surface area contributed by atoms with Crippen LogP contribution in [0.25, 0.3) is 10.4 Å². The summed E-state index contributed by atoms with van der Waals surface area (Å²) in [5, 5.41) is 8.19. The highest BCUT2D eigenvalue weighted by atomic mass is 32.1. The van der Waals surface area contributed by atoms with Crippen molar-refractivity contribution in [2.24, 2.45) is 0 Å². The van der Waals surface area contributed by atoms with E-state index in [1.807, 2.05) is 62.5 Å². The number of carbonyl (C=O) groups excluding carboxylic acids is 2. The molecule has 2 aromatic heterocycles. The highest BCUT2D eigenvalue weighted by Crippen LogP contribution is 2.32. The molecular weight excluding hydrogens is 442 g/mol. The third kappa shape index (κ3) is 6.98. The van der Waals surface area contributed by atoms with Gasteiger partial charge in [0.05, 0.1) is 24.0 Å². The van der Waals surface area contributed by atoms with Crippen molar-refractivity contribution in [3.05, 3.63) is 58.4 Å². The van der Waals surface area contributed by atoms with Gasteiger partial charge in [-0.15, -0.1) is 11.3 Å². The quantitative estimate of drug-likeness (QED) is 0.400. The standard InChI is InChI=1S/C24H29N3O3S2/c1-4-8-20(26-22(28)13-18-10-7-12-31-18)23(29)27-24-25-14-21(32-24)19-11-6-5-9-17(19)15-30-16(2)3/h5-7,9-12,14,16,20H,4,8,13,15H2,1-3H3,(H,26,28)(H,25,27,29)/t20-/m0/s1. The zero-order chi connectivity index (χ0) is 22.9. The summed E-state index contributed by atoms with van der Waals surface area (Å²) in [7, 11) is 0. The van der Waals surface area contributed by atoms with Gasteiger partial charge in [-0.1, -0.05) is 55.0 Å². The molecule has 0 spiro atoms. The third-order valence-electron chi connectivity index (χ3n) is 4.73. The number of nitrogens with zero attached hydrogens (tertiary/aromatic N) is 1. The Hall–Kier alpha value is -2.55. The lowest BCUT2D eigenvalue weighted by atomic mass is 10.1. The second kappa shape index (κ2) is 11.9. The van der Waals surface area contributed by atoms with Gasteiger partial charge in [-0.25, -0.2) is 4.98 Å². The predicted molar refractivity (Wildman–Crippen MR) is 131 cm³/mol. The maximum absolute atomic E-state index is 12.9. The fourth-order valence-electron chi connectivity index (χ4n) is 3.17. The zero-order valence-corrected chi connectivity index (χ0v) is 20.2. The first-order valence-electron chi connectivity index (χ1n) is 10.7. The van der Waals surface area contributed by atoms with Crippen LogP contribution >= 0.6 is 22.7 Å². The fraction of sp³-hybridized carbons (Fsp3) is 0.375. The molecule has 0 aliphatic heterocycles. The van der Waals surface area contributed by atoms with Crippen molar-refractivity contribution < 1.29 is 14.3 Å². The van der Waals surface area contributed by atoms with Crippen LogP contribution in [0.2, 0.25) is 0 Å². The minimum Gasteiger partial charge on any atom is -0.374 e. The molecule has 1 aromatic carbocycles. The van der Waals surface area contributed by atoms with Crippen LogP contribution in [0.1, 0.15) is 44.1 Å². The topological polar surface area (TPSA) is 80.3 Å². The number of ether oxygens (including phenoxy) is 1. The van der Waals surface area contributed by atoms with Gasteiger partial charge >= 0.3 is 0 Å². The van der Waals surface area contributed by atoms with Crippen molar-refractivity contribution in [3.63, 3.8) is 0 Å². The van der Waals surface area contributed by atoms with E-state index in [9.17, 15) is 9.59 Å². The van der Waals surface area contributed by atoms with Gasteiger partial charge in [-0.3, -0.25) is 9.59 Å². The normalized spacial score (nSPS) is 12.0. The molecule has 0 aliphatic carbocycles. The predicted octanol–water partition coefficient (Wildman–Crippen LogP) is 5.26. The summed E-state index contributed by atoms with van der Waals surface area (Å²) in [5.41, 5.74) is 2.12. The number of thiazole rings is 1. The van der Waals surface area contributed by atoms with E-state index in [1.54, 1.807) is 6.20 Å². The molecule has 0 radical (unpaired) electrons. The Bertz CT molecular complexity index is 1020. The largest absolute Gasteiger partial charge is 0.374 e. The molecule has 2 heterocycles. The van der Waals surface area contributed by atoms with Crippen LogP contribution in [0.5, 0.6) is 0 Å². The fourth-order valence-corrected chi connectivity index (χ4v) is 4.75. The number of rotatable bonds is 11. The van der Waals surface area contributed by atoms with E-state index < -0.39 is 6.04 Å². The third-order valence-corrected chi connectivity index (χ3v) is 6.56. The Morgan fingerprint density at radius 2 is 1.97 bits per heavy atom. The number of carbonyl (C=O) groups is 2. The highest BCUT2D eigenvalue weighted by Gasteiger charge is 2.21. The molecule has 0 aliphatic rings. The highest BCUT2D eigenvalue weighted by molar-refractivity contribution is 7.19. The van der Waals surface area contributed by atoms with Gasteiger partial charge in [0.1, 0.15) is 6.04 Å². The molecule has 32 heavy (non-hydrogen) atoms. The number of amides is 2. The molecule has 0 saturated carbocycles. The lowest BCUT2D eigenvalue weighted by molar-refractivity contribution is -0.126. The number of benzene rings is 1. The molecule has 6 nitrogen and oxygen atoms in total. The molecule has 0 bridgehead atoms. The van der Waals surface area contributed by atoms with E-state index in [-0.39, 0.29) is 24.3 Å². The molecule has 8 heteroatoms. The Labute approximate surface area is 197 Å². The summed E-state index contributed by atoms with van der Waals surface area (Å²) in [6.45, 7) is 6.52. The first kappa shape index (κ1) is 24.1. The number of nitrogens with one attached hydrogen (secondary N) is 2. The first-order chi connectivity index (χ1) is 15.5. The van der Waals surface area contributed by atoms with Gasteiger partial charge < -0.3 is 15.4 Å². The second-order valence-electron chi connectivity index (χ2n) is 7.70. The Morgan fingerprint density at radius 3 is 2.69 bits per heavy atom. The molecule has 3 rings (SSSR count). The molecule has 2 N–H and O–H groups in total. The number of hydrogen-bond donors (Lipinski definition) is 2. The van der Waals surface area contributed by atoms with Crippen LogP contribution in [0.4, 0.5) is 5.13 Å². The minimum atomic E-state index is -0.591. The van der Waals surface area contributed by atoms with E-state index in [1.165, 1.54) is 22.7 Å². The lowest BCUT2D eigenvalue weighted by Gasteiger charge is -2.16. The lowest BCUT2D eigenvalue weighted by Crippen LogP contribution is -2.44. The van der Waals surface area contributed by atoms with Crippen LogP contribution in [-0.2, 0) is 27.4 Å². The second-order valence-corrected chi connectivity index (χ2v) is 9.76. The van der Waals surface area contributed by atoms with Crippen LogP contribution in [-0.4, -0.2) is 28.9 Å². The smallest absolute Gasteiger partial charge is 0.248 e. The van der Waals surface area contributed by atoms with Gasteiger partial charge in [-0.05, 0) is 42.8 Å². The Balaban J connectivity index is 1.65. The average molecular weight is 472 g/mol. The van der Waals surface area contributed by atoms with Crippen molar-refractivity contribution in [1.29, 1.82) is 0 Å². The molecule has 1 atom stereocenters. The number of hydrogen-bond acceptors (Lipinski definition) is 6. The van der Waals surface area contributed by atoms with Crippen molar-refractivity contribution in [3.8, 4) is 10.4 Å². The van der Waals surface area contributed by atoms with E-state index in [0.29, 0.717) is 18.2 Å². The van der Waals surface area contributed by atoms with Crippen molar-refractivity contribution in [1.82, 2.24) is 10.3 Å². The maximum atomic E-state index is 12.9. The summed E-state index contributed by atoms with van der Waals surface area (Å²) in [4.78, 5) is 31.5. The molecule has 0 unspecified atom stereocenters. The van der Waals surface area contributed by atoms with Gasteiger partial charge in [0, 0.05) is 11.1 Å². The zero-order valence-electron chi connectivity index (χ0n) is 18.6. The van der Waals surface area contributed by atoms with E-state index in [2.05, 4.69) is 15.6 Å². The van der Waals surface area contributed by atoms with E-state index >= 15 is 0 Å². The summed E-state index contributed by atoms with van der Waals surface area (Å²) >= 11 is 2.94. The van der Waals surface area contributed by atoms with Crippen LogP contribution < -0.4 is 10.6 Å². The van der Waals surface area contributed by atoms with Gasteiger partial charge in [0.25, 0.3) is 0 Å². The molecule has 0 saturated heterocycles. The average Bonchev–Trinajstić information content (AvgIpc) is 3.44. The van der Waals surface area contributed by atoms with Gasteiger partial charge in [-0.2, -0.15) is 0 Å². The molecular formula is C24H29N3O3S2. The molecule has 0 fully saturated rings. The van der Waals surface area contributed by atoms with Crippen LogP contribution in [0.15, 0.2) is 48.0 Å². The summed E-state index contributed by atoms with van der Waals surface area (Å²) in [5.74, 6) is -0.399. The van der Waals surface area contributed by atoms with E-state index in [4.69, 9.17) is 4.74 Å². The van der Waals surface area contributed by atoms with Crippen molar-refractivity contribution in [2.75, 3.05) is 5.32 Å². The monoisotopic (exact) mass is 471 g/mol. The van der Waals surface area contributed by atoms with Crippen LogP contribution in [0, 0.1) is 0 Å². The minimum absolute atomic E-state index is 0.143. The first-order valence-corrected chi connectivity index (χ1v) is 12.4. The number of aromatic nitrogens is 1. The number of anilines is 1. The molecule has 3 aromatic rings. The Morgan fingerprint density at radius 1 is 1.16 bits per heavy atom. The molecule has 2 amide bonds. The summed E-state index contributed by atoms with van der Waals surface area (Å²) < 4.78 is 5.77. The van der Waals surface area contributed by atoms with Gasteiger partial charge in [0.15, 0.2) is 5.13 Å². The Kier molecular flexibility index (Phi) is 8.96. The van der Waals surface area contributed by atoms with Crippen molar-refractivity contribution in [2.45, 2.75) is 58.8 Å². The molecule has 170 valence electrons. The summed E-state index contributed by atoms with van der Waals surface area (Å²) in [6.07, 6.45) is 3.53. The van der Waals surface area contributed by atoms with E-state index in [0.717, 1.165) is 27.3 Å². The number of thiophene rings is 1. The van der Waals surface area contributed by atoms with Crippen LogP contribution in [0.3, 0.4) is 0 Å². The van der Waals surface area contributed by atoms with Crippen molar-refractivity contribution >= 4 is 39.6 Å². The summed E-state index contributed by atoms with van der Waals surface area (Å²) in [6, 6.07) is 11.3. The van der Waals surface area contributed by atoms with Gasteiger partial charge in [0.2, 0.25) is 11.8 Å².